The molecule has 0 aliphatic carbocycles. The number of pyridine rings is 1. The molecule has 0 aliphatic rings. The van der Waals surface area contributed by atoms with Crippen LogP contribution in [0, 0.1) is 11.3 Å². The molecule has 0 radical (unpaired) electrons. The highest BCUT2D eigenvalue weighted by atomic mass is 19.3. The van der Waals surface area contributed by atoms with Crippen LogP contribution >= 0.6 is 0 Å². The van der Waals surface area contributed by atoms with Crippen molar-refractivity contribution in [1.29, 1.82) is 5.26 Å². The van der Waals surface area contributed by atoms with Gasteiger partial charge in [0.15, 0.2) is 5.75 Å². The Morgan fingerprint density at radius 3 is 2.83 bits per heavy atom. The van der Waals surface area contributed by atoms with E-state index < -0.39 is 30.3 Å². The summed E-state index contributed by atoms with van der Waals surface area (Å²) in [4.78, 5) is 14.7. The smallest absolute Gasteiger partial charge is 0.312 e. The van der Waals surface area contributed by atoms with E-state index >= 15 is 0 Å². The minimum Gasteiger partial charge on any atom is -0.505 e. The molecule has 0 atom stereocenters. The van der Waals surface area contributed by atoms with Crippen molar-refractivity contribution in [2.75, 3.05) is 6.61 Å². The van der Waals surface area contributed by atoms with Gasteiger partial charge in [-0.15, -0.1) is 0 Å². The third kappa shape index (κ3) is 3.13. The number of aromatic nitrogens is 1. The molecule has 18 heavy (non-hydrogen) atoms. The average Bonchev–Trinajstić information content (AvgIpc) is 2.31. The van der Waals surface area contributed by atoms with E-state index in [1.165, 1.54) is 0 Å². The van der Waals surface area contributed by atoms with Crippen molar-refractivity contribution in [3.8, 4) is 11.8 Å². The minimum atomic E-state index is -2.89. The molecule has 1 N–H and O–H groups in total. The highest BCUT2D eigenvalue weighted by Gasteiger charge is 2.19. The Labute approximate surface area is 102 Å². The number of nitriles is 1. The SMILES string of the molecule is CCOC(=O)Cc1nc(C(F)F)cc(C#N)c1O. The summed E-state index contributed by atoms with van der Waals surface area (Å²) < 4.78 is 29.6. The van der Waals surface area contributed by atoms with Crippen molar-refractivity contribution >= 4 is 5.97 Å². The van der Waals surface area contributed by atoms with Gasteiger partial charge in [-0.2, -0.15) is 5.26 Å². The zero-order chi connectivity index (χ0) is 13.7. The van der Waals surface area contributed by atoms with Gasteiger partial charge in [-0.25, -0.2) is 13.8 Å². The van der Waals surface area contributed by atoms with Crippen LogP contribution in [0.15, 0.2) is 6.07 Å². The molecule has 0 aliphatic heterocycles. The van der Waals surface area contributed by atoms with Crippen molar-refractivity contribution in [2.24, 2.45) is 0 Å². The summed E-state index contributed by atoms with van der Waals surface area (Å²) in [5, 5.41) is 18.3. The van der Waals surface area contributed by atoms with E-state index in [0.29, 0.717) is 0 Å². The molecule has 7 heteroatoms. The van der Waals surface area contributed by atoms with E-state index in [-0.39, 0.29) is 17.9 Å². The molecule has 1 aromatic heterocycles. The topological polar surface area (TPSA) is 83.2 Å². The summed E-state index contributed by atoms with van der Waals surface area (Å²) >= 11 is 0. The monoisotopic (exact) mass is 256 g/mol. The Bertz CT molecular complexity index is 498. The lowest BCUT2D eigenvalue weighted by Gasteiger charge is -2.08. The fourth-order valence-electron chi connectivity index (χ4n) is 1.28. The second kappa shape index (κ2) is 5.91. The zero-order valence-corrected chi connectivity index (χ0v) is 9.48. The molecule has 0 spiro atoms. The quantitative estimate of drug-likeness (QED) is 0.829. The summed E-state index contributed by atoms with van der Waals surface area (Å²) in [5.41, 5.74) is -1.30. The first-order valence-electron chi connectivity index (χ1n) is 5.06. The molecular formula is C11H10F2N2O3. The standard InChI is InChI=1S/C11H10F2N2O3/c1-2-18-9(16)4-7-10(17)6(5-14)3-8(15-7)11(12)13/h3,11,17H,2,4H2,1H3. The molecule has 0 bridgehead atoms. The van der Waals surface area contributed by atoms with Crippen LogP contribution in [-0.2, 0) is 16.0 Å². The number of esters is 1. The predicted octanol–water partition coefficient (Wildman–Crippen LogP) is 1.70. The number of halogens is 2. The number of nitrogens with zero attached hydrogens (tertiary/aromatic N) is 2. The maximum Gasteiger partial charge on any atom is 0.312 e. The number of aromatic hydroxyl groups is 1. The van der Waals surface area contributed by atoms with Crippen molar-refractivity contribution in [1.82, 2.24) is 4.98 Å². The van der Waals surface area contributed by atoms with Crippen LogP contribution in [0.2, 0.25) is 0 Å². The number of alkyl halides is 2. The van der Waals surface area contributed by atoms with Crippen LogP contribution in [0.4, 0.5) is 8.78 Å². The lowest BCUT2D eigenvalue weighted by atomic mass is 10.1. The Morgan fingerprint density at radius 1 is 1.67 bits per heavy atom. The first kappa shape index (κ1) is 13.8. The summed E-state index contributed by atoms with van der Waals surface area (Å²) in [6, 6.07) is 2.35. The molecule has 1 rings (SSSR count). The fourth-order valence-corrected chi connectivity index (χ4v) is 1.28. The highest BCUT2D eigenvalue weighted by molar-refractivity contribution is 5.73. The van der Waals surface area contributed by atoms with Crippen molar-refractivity contribution in [3.05, 3.63) is 23.0 Å². The number of rotatable bonds is 4. The van der Waals surface area contributed by atoms with E-state index in [2.05, 4.69) is 9.72 Å². The van der Waals surface area contributed by atoms with E-state index in [4.69, 9.17) is 5.26 Å². The minimum absolute atomic E-state index is 0.124. The summed E-state index contributed by atoms with van der Waals surface area (Å²) in [6.07, 6.45) is -3.35. The van der Waals surface area contributed by atoms with Gasteiger partial charge in [0.05, 0.1) is 24.3 Å². The number of hydrogen-bond donors (Lipinski definition) is 1. The average molecular weight is 256 g/mol. The van der Waals surface area contributed by atoms with Gasteiger partial charge in [0.2, 0.25) is 0 Å². The van der Waals surface area contributed by atoms with Gasteiger partial charge < -0.3 is 9.84 Å². The Hall–Kier alpha value is -2.23. The van der Waals surface area contributed by atoms with E-state index in [1.54, 1.807) is 13.0 Å². The first-order valence-corrected chi connectivity index (χ1v) is 5.06. The van der Waals surface area contributed by atoms with Crippen LogP contribution in [0.3, 0.4) is 0 Å². The molecule has 1 aromatic rings. The maximum absolute atomic E-state index is 12.5. The Balaban J connectivity index is 3.14. The van der Waals surface area contributed by atoms with Gasteiger partial charge in [0.1, 0.15) is 11.8 Å². The number of carbonyl (C=O) groups excluding carboxylic acids is 1. The molecule has 5 nitrogen and oxygen atoms in total. The molecular weight excluding hydrogens is 246 g/mol. The van der Waals surface area contributed by atoms with Crippen LogP contribution in [0.5, 0.6) is 5.75 Å². The van der Waals surface area contributed by atoms with Gasteiger partial charge in [0, 0.05) is 0 Å². The van der Waals surface area contributed by atoms with Crippen molar-refractivity contribution in [2.45, 2.75) is 19.8 Å². The molecule has 0 unspecified atom stereocenters. The zero-order valence-electron chi connectivity index (χ0n) is 9.48. The summed E-state index contributed by atoms with van der Waals surface area (Å²) in [5.74, 6) is -1.29. The normalized spacial score (nSPS) is 10.2. The lowest BCUT2D eigenvalue weighted by Crippen LogP contribution is -2.10. The molecule has 96 valence electrons. The summed E-state index contributed by atoms with van der Waals surface area (Å²) in [7, 11) is 0. The number of hydrogen-bond acceptors (Lipinski definition) is 5. The molecule has 0 amide bonds. The second-order valence-corrected chi connectivity index (χ2v) is 3.28. The predicted molar refractivity (Wildman–Crippen MR) is 55.9 cm³/mol. The number of ether oxygens (including phenoxy) is 1. The molecule has 0 fully saturated rings. The second-order valence-electron chi connectivity index (χ2n) is 3.28. The first-order chi connectivity index (χ1) is 8.49. The molecule has 0 aromatic carbocycles. The van der Waals surface area contributed by atoms with Crippen LogP contribution < -0.4 is 0 Å². The van der Waals surface area contributed by atoms with E-state index in [9.17, 15) is 18.7 Å². The van der Waals surface area contributed by atoms with E-state index in [1.807, 2.05) is 0 Å². The lowest BCUT2D eigenvalue weighted by molar-refractivity contribution is -0.142. The highest BCUT2D eigenvalue weighted by Crippen LogP contribution is 2.26. The van der Waals surface area contributed by atoms with Gasteiger partial charge >= 0.3 is 5.97 Å². The van der Waals surface area contributed by atoms with Gasteiger partial charge in [-0.05, 0) is 13.0 Å². The summed E-state index contributed by atoms with van der Waals surface area (Å²) in [6.45, 7) is 1.71. The Morgan fingerprint density at radius 2 is 2.33 bits per heavy atom. The molecule has 0 saturated heterocycles. The van der Waals surface area contributed by atoms with Crippen molar-refractivity contribution in [3.63, 3.8) is 0 Å². The van der Waals surface area contributed by atoms with E-state index in [0.717, 1.165) is 6.07 Å². The molecule has 1 heterocycles. The third-order valence-electron chi connectivity index (χ3n) is 2.05. The Kier molecular flexibility index (Phi) is 4.54. The van der Waals surface area contributed by atoms with Crippen LogP contribution in [0.25, 0.3) is 0 Å². The van der Waals surface area contributed by atoms with Gasteiger partial charge in [-0.3, -0.25) is 4.79 Å². The largest absolute Gasteiger partial charge is 0.505 e. The van der Waals surface area contributed by atoms with Gasteiger partial charge in [0.25, 0.3) is 6.43 Å². The maximum atomic E-state index is 12.5. The number of carbonyl (C=O) groups is 1. The van der Waals surface area contributed by atoms with Crippen LogP contribution in [-0.4, -0.2) is 22.7 Å². The van der Waals surface area contributed by atoms with Crippen LogP contribution in [0.1, 0.15) is 30.3 Å². The fraction of sp³-hybridized carbons (Fsp3) is 0.364. The van der Waals surface area contributed by atoms with Gasteiger partial charge in [-0.1, -0.05) is 0 Å². The van der Waals surface area contributed by atoms with Crippen molar-refractivity contribution < 1.29 is 23.4 Å². The third-order valence-corrected chi connectivity index (χ3v) is 2.05. The molecule has 0 saturated carbocycles.